The summed E-state index contributed by atoms with van der Waals surface area (Å²) in [5.41, 5.74) is 4.98. The van der Waals surface area contributed by atoms with Crippen LogP contribution in [0.3, 0.4) is 0 Å². The van der Waals surface area contributed by atoms with Gasteiger partial charge >= 0.3 is 0 Å². The van der Waals surface area contributed by atoms with E-state index < -0.39 is 14.0 Å². The first-order valence-corrected chi connectivity index (χ1v) is 6.17. The SMILES string of the molecule is N=C(N)SS(=O)(=O)c1ccccc1. The highest BCUT2D eigenvalue weighted by molar-refractivity contribution is 8.77. The summed E-state index contributed by atoms with van der Waals surface area (Å²) in [6, 6.07) is 7.88. The maximum absolute atomic E-state index is 11.4. The van der Waals surface area contributed by atoms with E-state index in [-0.39, 0.29) is 4.90 Å². The Hall–Kier alpha value is -1.01. The Morgan fingerprint density at radius 3 is 2.31 bits per heavy atom. The molecular formula is C7H8N2O2S2. The van der Waals surface area contributed by atoms with E-state index in [4.69, 9.17) is 11.1 Å². The average molecular weight is 216 g/mol. The molecule has 13 heavy (non-hydrogen) atoms. The van der Waals surface area contributed by atoms with Gasteiger partial charge in [-0.2, -0.15) is 0 Å². The van der Waals surface area contributed by atoms with Crippen LogP contribution in [0.5, 0.6) is 0 Å². The van der Waals surface area contributed by atoms with Crippen LogP contribution in [0.4, 0.5) is 0 Å². The zero-order valence-electron chi connectivity index (χ0n) is 6.60. The fourth-order valence-electron chi connectivity index (χ4n) is 0.753. The zero-order valence-corrected chi connectivity index (χ0v) is 8.23. The van der Waals surface area contributed by atoms with Gasteiger partial charge < -0.3 is 5.73 Å². The quantitative estimate of drug-likeness (QED) is 0.439. The Kier molecular flexibility index (Phi) is 2.94. The lowest BCUT2D eigenvalue weighted by atomic mass is 10.4. The van der Waals surface area contributed by atoms with Gasteiger partial charge in [-0.1, -0.05) is 18.2 Å². The molecule has 0 bridgehead atoms. The summed E-state index contributed by atoms with van der Waals surface area (Å²) in [6.07, 6.45) is 0. The summed E-state index contributed by atoms with van der Waals surface area (Å²) in [5, 5.41) is 6.43. The Balaban J connectivity index is 3.02. The van der Waals surface area contributed by atoms with E-state index >= 15 is 0 Å². The maximum atomic E-state index is 11.4. The second-order valence-corrected chi connectivity index (χ2v) is 6.02. The summed E-state index contributed by atoms with van der Waals surface area (Å²) in [5.74, 6) is 0. The molecule has 0 heterocycles. The topological polar surface area (TPSA) is 84.0 Å². The Labute approximate surface area is 80.0 Å². The van der Waals surface area contributed by atoms with E-state index in [9.17, 15) is 8.42 Å². The van der Waals surface area contributed by atoms with Gasteiger partial charge in [0.25, 0.3) is 0 Å². The molecule has 0 aromatic heterocycles. The van der Waals surface area contributed by atoms with Gasteiger partial charge in [0.1, 0.15) is 0 Å². The van der Waals surface area contributed by atoms with Crippen molar-refractivity contribution in [1.82, 2.24) is 0 Å². The molecule has 0 aliphatic carbocycles. The fraction of sp³-hybridized carbons (Fsp3) is 0. The second kappa shape index (κ2) is 3.80. The van der Waals surface area contributed by atoms with Gasteiger partial charge in [-0.05, 0) is 12.1 Å². The highest BCUT2D eigenvalue weighted by Crippen LogP contribution is 2.21. The van der Waals surface area contributed by atoms with Crippen molar-refractivity contribution in [2.75, 3.05) is 0 Å². The predicted molar refractivity (Wildman–Crippen MR) is 53.1 cm³/mol. The standard InChI is InChI=1S/C7H8N2O2S2/c8-7(9)12-13(10,11)6-4-2-1-3-5-6/h1-5H,(H3,8,9). The zero-order chi connectivity index (χ0) is 9.90. The highest BCUT2D eigenvalue weighted by atomic mass is 33.1. The molecule has 1 aromatic carbocycles. The van der Waals surface area contributed by atoms with Crippen LogP contribution in [-0.2, 0) is 8.87 Å². The first-order valence-electron chi connectivity index (χ1n) is 3.36. The van der Waals surface area contributed by atoms with Crippen LogP contribution in [0.25, 0.3) is 0 Å². The molecule has 0 fully saturated rings. The minimum Gasteiger partial charge on any atom is -0.378 e. The van der Waals surface area contributed by atoms with Gasteiger partial charge in [-0.3, -0.25) is 5.41 Å². The van der Waals surface area contributed by atoms with Crippen LogP contribution >= 0.6 is 10.8 Å². The lowest BCUT2D eigenvalue weighted by Crippen LogP contribution is -2.08. The minimum atomic E-state index is -3.49. The van der Waals surface area contributed by atoms with E-state index in [1.807, 2.05) is 0 Å². The van der Waals surface area contributed by atoms with Crippen molar-refractivity contribution < 1.29 is 8.42 Å². The van der Waals surface area contributed by atoms with Gasteiger partial charge in [0.05, 0.1) is 4.90 Å². The number of amidine groups is 1. The monoisotopic (exact) mass is 216 g/mol. The molecule has 0 aliphatic heterocycles. The third-order valence-corrected chi connectivity index (χ3v) is 4.25. The molecule has 1 aromatic rings. The number of benzene rings is 1. The van der Waals surface area contributed by atoms with Crippen LogP contribution in [0.2, 0.25) is 0 Å². The van der Waals surface area contributed by atoms with E-state index in [2.05, 4.69) is 0 Å². The van der Waals surface area contributed by atoms with Crippen molar-refractivity contribution in [2.24, 2.45) is 5.73 Å². The van der Waals surface area contributed by atoms with Gasteiger partial charge in [-0.25, -0.2) is 8.42 Å². The number of rotatable bonds is 2. The molecule has 3 N–H and O–H groups in total. The van der Waals surface area contributed by atoms with Crippen molar-refractivity contribution in [3.8, 4) is 0 Å². The predicted octanol–water partition coefficient (Wildman–Crippen LogP) is 1.00. The van der Waals surface area contributed by atoms with Crippen molar-refractivity contribution >= 4 is 24.8 Å². The largest absolute Gasteiger partial charge is 0.378 e. The minimum absolute atomic E-state index is 0.162. The molecule has 6 heteroatoms. The first kappa shape index (κ1) is 10.1. The summed E-state index contributed by atoms with van der Waals surface area (Å²) in [4.78, 5) is 0.162. The third-order valence-electron chi connectivity index (χ3n) is 1.23. The Bertz CT molecular complexity index is 400. The van der Waals surface area contributed by atoms with E-state index in [1.165, 1.54) is 12.1 Å². The maximum Gasteiger partial charge on any atom is 0.237 e. The number of hydrogen-bond acceptors (Lipinski definition) is 4. The van der Waals surface area contributed by atoms with Crippen LogP contribution in [-0.4, -0.2) is 13.6 Å². The molecular weight excluding hydrogens is 208 g/mol. The molecule has 4 nitrogen and oxygen atoms in total. The molecule has 0 unspecified atom stereocenters. The fourth-order valence-corrected chi connectivity index (χ4v) is 2.91. The van der Waals surface area contributed by atoms with Gasteiger partial charge in [0.15, 0.2) is 5.17 Å². The Morgan fingerprint density at radius 2 is 1.85 bits per heavy atom. The van der Waals surface area contributed by atoms with E-state index in [0.29, 0.717) is 10.8 Å². The van der Waals surface area contributed by atoms with E-state index in [1.54, 1.807) is 18.2 Å². The average Bonchev–Trinajstić information content (AvgIpc) is 2.04. The number of nitrogens with two attached hydrogens (primary N) is 1. The van der Waals surface area contributed by atoms with Gasteiger partial charge in [0, 0.05) is 10.8 Å². The normalized spacial score (nSPS) is 11.1. The highest BCUT2D eigenvalue weighted by Gasteiger charge is 2.15. The summed E-state index contributed by atoms with van der Waals surface area (Å²) < 4.78 is 22.8. The van der Waals surface area contributed by atoms with Crippen LogP contribution < -0.4 is 5.73 Å². The van der Waals surface area contributed by atoms with Crippen molar-refractivity contribution in [3.63, 3.8) is 0 Å². The van der Waals surface area contributed by atoms with Crippen LogP contribution in [0.15, 0.2) is 35.2 Å². The molecule has 0 radical (unpaired) electrons. The lowest BCUT2D eigenvalue weighted by molar-refractivity contribution is 0.610. The number of nitrogens with one attached hydrogen (secondary N) is 1. The van der Waals surface area contributed by atoms with E-state index in [0.717, 1.165) is 0 Å². The van der Waals surface area contributed by atoms with Crippen molar-refractivity contribution in [2.45, 2.75) is 4.90 Å². The number of hydrogen-bond donors (Lipinski definition) is 2. The van der Waals surface area contributed by atoms with Gasteiger partial charge in [-0.15, -0.1) is 0 Å². The lowest BCUT2D eigenvalue weighted by Gasteiger charge is -2.00. The third kappa shape index (κ3) is 2.74. The second-order valence-electron chi connectivity index (χ2n) is 2.21. The van der Waals surface area contributed by atoms with Gasteiger partial charge in [0.2, 0.25) is 8.87 Å². The molecule has 0 aliphatic rings. The molecule has 70 valence electrons. The summed E-state index contributed by atoms with van der Waals surface area (Å²) in [7, 11) is -3.15. The summed E-state index contributed by atoms with van der Waals surface area (Å²) >= 11 is 0. The molecule has 1 rings (SSSR count). The first-order chi connectivity index (χ1) is 6.02. The molecule has 0 spiro atoms. The van der Waals surface area contributed by atoms with Crippen LogP contribution in [0.1, 0.15) is 0 Å². The van der Waals surface area contributed by atoms with Crippen molar-refractivity contribution in [1.29, 1.82) is 5.41 Å². The summed E-state index contributed by atoms with van der Waals surface area (Å²) in [6.45, 7) is 0. The molecule has 0 saturated carbocycles. The molecule has 0 atom stereocenters. The molecule has 0 amide bonds. The Morgan fingerprint density at radius 1 is 1.31 bits per heavy atom. The smallest absolute Gasteiger partial charge is 0.237 e. The van der Waals surface area contributed by atoms with Crippen LogP contribution in [0, 0.1) is 5.41 Å². The van der Waals surface area contributed by atoms with Crippen molar-refractivity contribution in [3.05, 3.63) is 30.3 Å². The molecule has 0 saturated heterocycles.